The van der Waals surface area contributed by atoms with Gasteiger partial charge in [-0.3, -0.25) is 0 Å². The second-order valence-corrected chi connectivity index (χ2v) is 10.7. The minimum atomic E-state index is -3.56. The van der Waals surface area contributed by atoms with Crippen molar-refractivity contribution >= 4 is 15.8 Å². The number of anilines is 1. The van der Waals surface area contributed by atoms with E-state index in [0.717, 1.165) is 61.6 Å². The van der Waals surface area contributed by atoms with Crippen LogP contribution in [-0.2, 0) is 16.3 Å². The Balaban J connectivity index is 1.19. The van der Waals surface area contributed by atoms with Gasteiger partial charge in [0.1, 0.15) is 16.5 Å². The molecule has 1 aliphatic carbocycles. The second kappa shape index (κ2) is 9.10. The van der Waals surface area contributed by atoms with Gasteiger partial charge in [0.15, 0.2) is 9.84 Å². The molecule has 0 N–H and O–H groups in total. The molecule has 1 aromatic carbocycles. The zero-order valence-corrected chi connectivity index (χ0v) is 18.9. The molecule has 1 aromatic heterocycles. The van der Waals surface area contributed by atoms with E-state index >= 15 is 0 Å². The lowest BCUT2D eigenvalue weighted by Gasteiger charge is -2.32. The number of ether oxygens (including phenoxy) is 1. The van der Waals surface area contributed by atoms with Crippen molar-refractivity contribution < 1.29 is 17.5 Å². The molecule has 2 fully saturated rings. The number of hydrogen-bond acceptors (Lipinski definition) is 6. The van der Waals surface area contributed by atoms with Gasteiger partial charge in [-0.15, -0.1) is 0 Å². The molecule has 0 bridgehead atoms. The Kier molecular flexibility index (Phi) is 6.46. The Morgan fingerprint density at radius 3 is 2.52 bits per heavy atom. The van der Waals surface area contributed by atoms with Crippen LogP contribution in [0.5, 0.6) is 5.75 Å². The van der Waals surface area contributed by atoms with Gasteiger partial charge in [0.2, 0.25) is 5.95 Å². The van der Waals surface area contributed by atoms with Crippen LogP contribution in [0.15, 0.2) is 35.5 Å². The summed E-state index contributed by atoms with van der Waals surface area (Å²) < 4.78 is 42.6. The van der Waals surface area contributed by atoms with E-state index in [9.17, 15) is 12.8 Å². The molecule has 8 heteroatoms. The summed E-state index contributed by atoms with van der Waals surface area (Å²) in [6.45, 7) is 4.63. The fraction of sp³-hybridized carbons (Fsp3) is 0.565. The molecule has 2 aromatic rings. The minimum Gasteiger partial charge on any atom is -0.493 e. The summed E-state index contributed by atoms with van der Waals surface area (Å²) >= 11 is 0. The van der Waals surface area contributed by atoms with E-state index < -0.39 is 15.7 Å². The quantitative estimate of drug-likeness (QED) is 0.611. The minimum absolute atomic E-state index is 0.292. The number of aryl methyl sites for hydroxylation is 1. The van der Waals surface area contributed by atoms with Crippen molar-refractivity contribution in [3.8, 4) is 5.75 Å². The number of halogens is 1. The van der Waals surface area contributed by atoms with E-state index in [-0.39, 0.29) is 4.90 Å². The fourth-order valence-electron chi connectivity index (χ4n) is 4.60. The van der Waals surface area contributed by atoms with E-state index in [4.69, 9.17) is 4.74 Å². The number of rotatable bonds is 8. The first-order valence-corrected chi connectivity index (χ1v) is 12.9. The van der Waals surface area contributed by atoms with Crippen molar-refractivity contribution in [3.63, 3.8) is 0 Å². The molecule has 0 unspecified atom stereocenters. The van der Waals surface area contributed by atoms with Crippen LogP contribution in [0.25, 0.3) is 0 Å². The highest BCUT2D eigenvalue weighted by atomic mass is 32.2. The van der Waals surface area contributed by atoms with Gasteiger partial charge in [-0.05, 0) is 67.6 Å². The van der Waals surface area contributed by atoms with Gasteiger partial charge in [-0.25, -0.2) is 22.8 Å². The van der Waals surface area contributed by atoms with Crippen LogP contribution >= 0.6 is 0 Å². The maximum Gasteiger partial charge on any atom is 0.225 e. The third-order valence-electron chi connectivity index (χ3n) is 6.57. The zero-order chi connectivity index (χ0) is 22.0. The van der Waals surface area contributed by atoms with Crippen LogP contribution in [0.3, 0.4) is 0 Å². The van der Waals surface area contributed by atoms with Gasteiger partial charge in [-0.1, -0.05) is 6.92 Å². The highest BCUT2D eigenvalue weighted by Gasteiger charge is 2.43. The van der Waals surface area contributed by atoms with Crippen molar-refractivity contribution in [1.29, 1.82) is 0 Å². The van der Waals surface area contributed by atoms with Gasteiger partial charge in [0.25, 0.3) is 0 Å². The van der Waals surface area contributed by atoms with E-state index in [2.05, 4.69) is 21.8 Å². The standard InChI is InChI=1S/C23H30FN3O3S/c1-3-16-14-25-23(26-15-16)27-9-6-17(7-10-27)20-12-18(20)8-11-30-19-4-5-22(21(24)13-19)31(2,28)29/h4-5,13-15,17-18,20H,3,6-12H2,1-2H3/t18-,20+/m0/s1. The SMILES string of the molecule is CCc1cnc(N2CCC([C@H]3C[C@@H]3CCOc3ccc(S(C)(=O)=O)c(F)c3)CC2)nc1. The Morgan fingerprint density at radius 2 is 1.90 bits per heavy atom. The fourth-order valence-corrected chi connectivity index (χ4v) is 5.33. The third kappa shape index (κ3) is 5.34. The summed E-state index contributed by atoms with van der Waals surface area (Å²) in [6.07, 6.45) is 10.3. The number of hydrogen-bond donors (Lipinski definition) is 0. The molecule has 6 nitrogen and oxygen atoms in total. The predicted octanol–water partition coefficient (Wildman–Crippen LogP) is 3.90. The zero-order valence-electron chi connectivity index (χ0n) is 18.1. The first-order chi connectivity index (χ1) is 14.8. The number of sulfone groups is 1. The Hall–Kier alpha value is -2.22. The second-order valence-electron chi connectivity index (χ2n) is 8.73. The molecule has 4 rings (SSSR count). The lowest BCUT2D eigenvalue weighted by molar-refractivity contribution is 0.283. The van der Waals surface area contributed by atoms with Gasteiger partial charge >= 0.3 is 0 Å². The Labute approximate surface area is 183 Å². The normalized spacial score (nSPS) is 21.8. The summed E-state index contributed by atoms with van der Waals surface area (Å²) in [5, 5.41) is 0. The Morgan fingerprint density at radius 1 is 1.19 bits per heavy atom. The van der Waals surface area contributed by atoms with Crippen LogP contribution < -0.4 is 9.64 Å². The largest absolute Gasteiger partial charge is 0.493 e. The molecule has 0 spiro atoms. The van der Waals surface area contributed by atoms with Crippen molar-refractivity contribution in [3.05, 3.63) is 42.0 Å². The molecular formula is C23H30FN3O3S. The first-order valence-electron chi connectivity index (χ1n) is 11.0. The lowest BCUT2D eigenvalue weighted by Crippen LogP contribution is -2.35. The summed E-state index contributed by atoms with van der Waals surface area (Å²) in [5.74, 6) is 2.61. The van der Waals surface area contributed by atoms with Crippen LogP contribution in [0.1, 0.15) is 38.2 Å². The molecule has 2 aliphatic rings. The van der Waals surface area contributed by atoms with Crippen LogP contribution in [0, 0.1) is 23.6 Å². The monoisotopic (exact) mass is 447 g/mol. The average Bonchev–Trinajstić information content (AvgIpc) is 3.53. The van der Waals surface area contributed by atoms with Crippen molar-refractivity contribution in [2.45, 2.75) is 43.9 Å². The molecule has 168 valence electrons. The topological polar surface area (TPSA) is 72.4 Å². The van der Waals surface area contributed by atoms with Gasteiger partial charge < -0.3 is 9.64 Å². The molecular weight excluding hydrogens is 417 g/mol. The van der Waals surface area contributed by atoms with Gasteiger partial charge in [0.05, 0.1) is 6.61 Å². The number of nitrogens with zero attached hydrogens (tertiary/aromatic N) is 3. The first kappa shape index (κ1) is 22.0. The third-order valence-corrected chi connectivity index (χ3v) is 7.70. The molecule has 1 saturated carbocycles. The maximum atomic E-state index is 14.0. The molecule has 31 heavy (non-hydrogen) atoms. The average molecular weight is 448 g/mol. The van der Waals surface area contributed by atoms with E-state index in [1.165, 1.54) is 31.4 Å². The summed E-state index contributed by atoms with van der Waals surface area (Å²) in [4.78, 5) is 11.0. The van der Waals surface area contributed by atoms with Gasteiger partial charge in [0, 0.05) is 37.8 Å². The van der Waals surface area contributed by atoms with Crippen LogP contribution in [-0.4, -0.2) is 44.3 Å². The molecule has 2 atom stereocenters. The number of benzene rings is 1. The summed E-state index contributed by atoms with van der Waals surface area (Å²) in [6, 6.07) is 3.95. The maximum absolute atomic E-state index is 14.0. The van der Waals surface area contributed by atoms with E-state index in [0.29, 0.717) is 18.3 Å². The predicted molar refractivity (Wildman–Crippen MR) is 118 cm³/mol. The van der Waals surface area contributed by atoms with Gasteiger partial charge in [-0.2, -0.15) is 0 Å². The lowest BCUT2D eigenvalue weighted by atomic mass is 9.90. The highest BCUT2D eigenvalue weighted by Crippen LogP contribution is 2.49. The van der Waals surface area contributed by atoms with Crippen LogP contribution in [0.2, 0.25) is 0 Å². The molecule has 1 saturated heterocycles. The number of piperidine rings is 1. The van der Waals surface area contributed by atoms with E-state index in [1.54, 1.807) is 0 Å². The summed E-state index contributed by atoms with van der Waals surface area (Å²) in [5.41, 5.74) is 1.16. The molecule has 0 radical (unpaired) electrons. The van der Waals surface area contributed by atoms with Crippen molar-refractivity contribution in [2.24, 2.45) is 17.8 Å². The summed E-state index contributed by atoms with van der Waals surface area (Å²) in [7, 11) is -3.56. The van der Waals surface area contributed by atoms with Crippen molar-refractivity contribution in [2.75, 3.05) is 30.9 Å². The molecule has 1 aliphatic heterocycles. The molecule has 0 amide bonds. The Bertz CT molecular complexity index is 1010. The van der Waals surface area contributed by atoms with Crippen LogP contribution in [0.4, 0.5) is 10.3 Å². The molecule has 2 heterocycles. The van der Waals surface area contributed by atoms with E-state index in [1.807, 2.05) is 12.4 Å². The highest BCUT2D eigenvalue weighted by molar-refractivity contribution is 7.90. The smallest absolute Gasteiger partial charge is 0.225 e. The number of aromatic nitrogens is 2. The van der Waals surface area contributed by atoms with Crippen molar-refractivity contribution in [1.82, 2.24) is 9.97 Å².